The van der Waals surface area contributed by atoms with Crippen molar-refractivity contribution in [1.29, 1.82) is 0 Å². The van der Waals surface area contributed by atoms with Gasteiger partial charge in [-0.3, -0.25) is 0 Å². The van der Waals surface area contributed by atoms with Crippen LogP contribution in [0.5, 0.6) is 0 Å². The molecule has 0 saturated carbocycles. The number of pyridine rings is 1. The molecule has 0 bridgehead atoms. The molecule has 0 spiro atoms. The van der Waals surface area contributed by atoms with Crippen molar-refractivity contribution in [3.8, 4) is 0 Å². The molecule has 0 saturated heterocycles. The van der Waals surface area contributed by atoms with Gasteiger partial charge in [0.05, 0.1) is 29.3 Å². The summed E-state index contributed by atoms with van der Waals surface area (Å²) in [5.74, 6) is -0.579. The van der Waals surface area contributed by atoms with Gasteiger partial charge in [-0.15, -0.1) is 0 Å². The molecule has 0 N–H and O–H groups in total. The molecule has 0 aliphatic rings. The van der Waals surface area contributed by atoms with E-state index in [2.05, 4.69) is 9.72 Å². The summed E-state index contributed by atoms with van der Waals surface area (Å²) in [5, 5.41) is 1.23. The topological polar surface area (TPSA) is 39.2 Å². The number of methoxy groups -OCH3 is 1. The standard InChI is InChI=1S/C16H10F3NO2/c1-22-15(21)12-4-2-3-10-7-9-5-6-11(16(17,18)19)8-13(9)20-14(10)12/h2-8H,1H3. The number of hydrogen-bond donors (Lipinski definition) is 0. The molecular weight excluding hydrogens is 295 g/mol. The van der Waals surface area contributed by atoms with Crippen LogP contribution >= 0.6 is 0 Å². The predicted molar refractivity (Wildman–Crippen MR) is 75.6 cm³/mol. The highest BCUT2D eigenvalue weighted by Crippen LogP contribution is 2.32. The Kier molecular flexibility index (Phi) is 3.24. The second-order valence-electron chi connectivity index (χ2n) is 4.76. The minimum Gasteiger partial charge on any atom is -0.465 e. The van der Waals surface area contributed by atoms with Gasteiger partial charge in [0.1, 0.15) is 0 Å². The van der Waals surface area contributed by atoms with Crippen LogP contribution in [0.15, 0.2) is 42.5 Å². The molecule has 0 radical (unpaired) electrons. The Labute approximate surface area is 123 Å². The van der Waals surface area contributed by atoms with Crippen molar-refractivity contribution in [1.82, 2.24) is 4.98 Å². The van der Waals surface area contributed by atoms with Gasteiger partial charge in [0, 0.05) is 10.8 Å². The lowest BCUT2D eigenvalue weighted by Crippen LogP contribution is -2.05. The Morgan fingerprint density at radius 3 is 2.55 bits per heavy atom. The van der Waals surface area contributed by atoms with E-state index in [0.717, 1.165) is 12.1 Å². The van der Waals surface area contributed by atoms with Gasteiger partial charge in [0.2, 0.25) is 0 Å². The van der Waals surface area contributed by atoms with Crippen molar-refractivity contribution in [2.24, 2.45) is 0 Å². The zero-order valence-corrected chi connectivity index (χ0v) is 11.4. The summed E-state index contributed by atoms with van der Waals surface area (Å²) in [6.07, 6.45) is -4.44. The number of carbonyl (C=O) groups is 1. The number of para-hydroxylation sites is 1. The highest BCUT2D eigenvalue weighted by molar-refractivity contribution is 6.05. The molecule has 3 rings (SSSR count). The first kappa shape index (κ1) is 14.3. The lowest BCUT2D eigenvalue weighted by atomic mass is 10.1. The Bertz CT molecular complexity index is 888. The van der Waals surface area contributed by atoms with Crippen LogP contribution < -0.4 is 0 Å². The summed E-state index contributed by atoms with van der Waals surface area (Å²) in [4.78, 5) is 16.0. The van der Waals surface area contributed by atoms with Gasteiger partial charge in [0.15, 0.2) is 0 Å². The molecule has 1 heterocycles. The van der Waals surface area contributed by atoms with E-state index >= 15 is 0 Å². The SMILES string of the molecule is COC(=O)c1cccc2cc3ccc(C(F)(F)F)cc3nc12. The molecule has 2 aromatic carbocycles. The van der Waals surface area contributed by atoms with Gasteiger partial charge in [-0.1, -0.05) is 18.2 Å². The van der Waals surface area contributed by atoms with Crippen LogP contribution in [0.25, 0.3) is 21.8 Å². The maximum atomic E-state index is 12.8. The number of esters is 1. The van der Waals surface area contributed by atoms with E-state index in [1.54, 1.807) is 18.2 Å². The molecule has 0 aliphatic heterocycles. The first-order valence-electron chi connectivity index (χ1n) is 6.39. The summed E-state index contributed by atoms with van der Waals surface area (Å²) in [6.45, 7) is 0. The first-order chi connectivity index (χ1) is 10.4. The van der Waals surface area contributed by atoms with Gasteiger partial charge in [-0.05, 0) is 24.3 Å². The molecule has 0 aliphatic carbocycles. The smallest absolute Gasteiger partial charge is 0.416 e. The maximum Gasteiger partial charge on any atom is 0.416 e. The average molecular weight is 305 g/mol. The van der Waals surface area contributed by atoms with Crippen LogP contribution in [0.2, 0.25) is 0 Å². The summed E-state index contributed by atoms with van der Waals surface area (Å²) in [7, 11) is 1.24. The highest BCUT2D eigenvalue weighted by Gasteiger charge is 2.30. The molecule has 1 aromatic heterocycles. The van der Waals surface area contributed by atoms with Crippen LogP contribution in [0, 0.1) is 0 Å². The number of hydrogen-bond acceptors (Lipinski definition) is 3. The monoisotopic (exact) mass is 305 g/mol. The van der Waals surface area contributed by atoms with Gasteiger partial charge >= 0.3 is 12.1 Å². The van der Waals surface area contributed by atoms with E-state index in [1.165, 1.54) is 19.2 Å². The molecule has 0 atom stereocenters. The lowest BCUT2D eigenvalue weighted by Gasteiger charge is -2.09. The fourth-order valence-electron chi connectivity index (χ4n) is 2.30. The van der Waals surface area contributed by atoms with E-state index in [4.69, 9.17) is 0 Å². The Balaban J connectivity index is 2.31. The summed E-state index contributed by atoms with van der Waals surface area (Å²) in [5.41, 5.74) is -0.0541. The fourth-order valence-corrected chi connectivity index (χ4v) is 2.30. The minimum absolute atomic E-state index is 0.179. The zero-order valence-electron chi connectivity index (χ0n) is 11.4. The molecular formula is C16H10F3NO2. The van der Waals surface area contributed by atoms with Crippen LogP contribution in [0.1, 0.15) is 15.9 Å². The number of nitrogens with zero attached hydrogens (tertiary/aromatic N) is 1. The molecule has 0 unspecified atom stereocenters. The van der Waals surface area contributed by atoms with Gasteiger partial charge in [-0.2, -0.15) is 13.2 Å². The van der Waals surface area contributed by atoms with Crippen LogP contribution in [0.3, 0.4) is 0 Å². The van der Waals surface area contributed by atoms with Crippen LogP contribution in [-0.2, 0) is 10.9 Å². The van der Waals surface area contributed by atoms with Crippen LogP contribution in [-0.4, -0.2) is 18.1 Å². The molecule has 3 nitrogen and oxygen atoms in total. The maximum absolute atomic E-state index is 12.8. The van der Waals surface area contributed by atoms with Crippen molar-refractivity contribution < 1.29 is 22.7 Å². The predicted octanol–water partition coefficient (Wildman–Crippen LogP) is 4.19. The molecule has 0 amide bonds. The van der Waals surface area contributed by atoms with Crippen molar-refractivity contribution in [3.63, 3.8) is 0 Å². The van der Waals surface area contributed by atoms with Gasteiger partial charge < -0.3 is 4.74 Å². The van der Waals surface area contributed by atoms with E-state index in [9.17, 15) is 18.0 Å². The van der Waals surface area contributed by atoms with Gasteiger partial charge in [0.25, 0.3) is 0 Å². The highest BCUT2D eigenvalue weighted by atomic mass is 19.4. The van der Waals surface area contributed by atoms with Gasteiger partial charge in [-0.25, -0.2) is 9.78 Å². The third-order valence-corrected chi connectivity index (χ3v) is 3.37. The van der Waals surface area contributed by atoms with Crippen molar-refractivity contribution in [2.45, 2.75) is 6.18 Å². The molecule has 6 heteroatoms. The number of carbonyl (C=O) groups excluding carboxylic acids is 1. The molecule has 112 valence electrons. The fraction of sp³-hybridized carbons (Fsp3) is 0.125. The number of fused-ring (bicyclic) bond motifs is 2. The Hall–Kier alpha value is -2.63. The Morgan fingerprint density at radius 2 is 1.86 bits per heavy atom. The third-order valence-electron chi connectivity index (χ3n) is 3.37. The largest absolute Gasteiger partial charge is 0.465 e. The van der Waals surface area contributed by atoms with E-state index in [-0.39, 0.29) is 11.1 Å². The van der Waals surface area contributed by atoms with Crippen molar-refractivity contribution in [3.05, 3.63) is 53.6 Å². The zero-order chi connectivity index (χ0) is 15.9. The second-order valence-corrected chi connectivity index (χ2v) is 4.76. The number of alkyl halides is 3. The number of benzene rings is 2. The summed E-state index contributed by atoms with van der Waals surface area (Å²) >= 11 is 0. The van der Waals surface area contributed by atoms with Crippen molar-refractivity contribution >= 4 is 27.8 Å². The van der Waals surface area contributed by atoms with E-state index < -0.39 is 17.7 Å². The Morgan fingerprint density at radius 1 is 1.09 bits per heavy atom. The summed E-state index contributed by atoms with van der Waals surface area (Å²) < 4.78 is 43.0. The number of aromatic nitrogens is 1. The average Bonchev–Trinajstić information content (AvgIpc) is 2.50. The minimum atomic E-state index is -4.44. The quantitative estimate of drug-likeness (QED) is 0.500. The number of halogens is 3. The normalized spacial score (nSPS) is 11.8. The third kappa shape index (κ3) is 2.36. The number of ether oxygens (including phenoxy) is 1. The van der Waals surface area contributed by atoms with Crippen molar-refractivity contribution in [2.75, 3.05) is 7.11 Å². The second kappa shape index (κ2) is 4.98. The van der Waals surface area contributed by atoms with E-state index in [0.29, 0.717) is 16.3 Å². The van der Waals surface area contributed by atoms with E-state index in [1.807, 2.05) is 0 Å². The van der Waals surface area contributed by atoms with Crippen LogP contribution in [0.4, 0.5) is 13.2 Å². The molecule has 0 fully saturated rings. The lowest BCUT2D eigenvalue weighted by molar-refractivity contribution is -0.137. The first-order valence-corrected chi connectivity index (χ1v) is 6.39. The summed E-state index contributed by atoms with van der Waals surface area (Å²) in [6, 6.07) is 10.0. The number of rotatable bonds is 1. The molecule has 3 aromatic rings. The molecule has 22 heavy (non-hydrogen) atoms.